The lowest BCUT2D eigenvalue weighted by molar-refractivity contribution is -0.147. The molecule has 0 aliphatic heterocycles. The number of aromatic carboxylic acids is 1. The molecule has 1 rings (SSSR count). The molecule has 9 heteroatoms. The SMILES string of the molecule is CCOC(=O)[C@H](C)NC(=O)[C@H](CCCCN)NC(=O)c1ccc(C(=O)O)cc1. The number of carbonyl (C=O) groups is 4. The Bertz CT molecular complexity index is 689. The highest BCUT2D eigenvalue weighted by atomic mass is 16.5. The minimum absolute atomic E-state index is 0.0528. The van der Waals surface area contributed by atoms with Crippen LogP contribution in [0.25, 0.3) is 0 Å². The summed E-state index contributed by atoms with van der Waals surface area (Å²) in [7, 11) is 0. The van der Waals surface area contributed by atoms with E-state index in [0.29, 0.717) is 25.8 Å². The quantitative estimate of drug-likeness (QED) is 0.319. The lowest BCUT2D eigenvalue weighted by atomic mass is 10.1. The van der Waals surface area contributed by atoms with E-state index in [1.807, 2.05) is 0 Å². The first-order valence-electron chi connectivity index (χ1n) is 9.11. The zero-order valence-electron chi connectivity index (χ0n) is 16.1. The van der Waals surface area contributed by atoms with Crippen LogP contribution in [0.3, 0.4) is 0 Å². The third-order valence-corrected chi connectivity index (χ3v) is 3.96. The van der Waals surface area contributed by atoms with Gasteiger partial charge in [-0.3, -0.25) is 9.59 Å². The predicted molar refractivity (Wildman–Crippen MR) is 102 cm³/mol. The van der Waals surface area contributed by atoms with E-state index >= 15 is 0 Å². The molecule has 0 aromatic heterocycles. The number of nitrogens with two attached hydrogens (primary N) is 1. The second kappa shape index (κ2) is 11.7. The maximum atomic E-state index is 12.5. The smallest absolute Gasteiger partial charge is 0.335 e. The molecule has 5 N–H and O–H groups in total. The second-order valence-electron chi connectivity index (χ2n) is 6.18. The Morgan fingerprint density at radius 3 is 2.21 bits per heavy atom. The molecule has 1 aromatic rings. The minimum Gasteiger partial charge on any atom is -0.478 e. The van der Waals surface area contributed by atoms with Gasteiger partial charge in [0.05, 0.1) is 12.2 Å². The number of nitrogens with one attached hydrogen (secondary N) is 2. The molecule has 2 amide bonds. The summed E-state index contributed by atoms with van der Waals surface area (Å²) < 4.78 is 4.86. The molecule has 0 saturated carbocycles. The van der Waals surface area contributed by atoms with E-state index in [-0.39, 0.29) is 17.7 Å². The van der Waals surface area contributed by atoms with E-state index in [9.17, 15) is 19.2 Å². The topological polar surface area (TPSA) is 148 Å². The first-order chi connectivity index (χ1) is 13.3. The first-order valence-corrected chi connectivity index (χ1v) is 9.11. The van der Waals surface area contributed by atoms with Crippen LogP contribution in [0.4, 0.5) is 0 Å². The molecule has 0 heterocycles. The second-order valence-corrected chi connectivity index (χ2v) is 6.18. The molecule has 2 atom stereocenters. The van der Waals surface area contributed by atoms with Crippen LogP contribution in [0, 0.1) is 0 Å². The molecule has 0 unspecified atom stereocenters. The third-order valence-electron chi connectivity index (χ3n) is 3.96. The third kappa shape index (κ3) is 7.36. The average Bonchev–Trinajstić information content (AvgIpc) is 2.67. The first kappa shape index (κ1) is 23.1. The van der Waals surface area contributed by atoms with E-state index < -0.39 is 35.8 Å². The van der Waals surface area contributed by atoms with Crippen molar-refractivity contribution in [2.24, 2.45) is 5.73 Å². The largest absolute Gasteiger partial charge is 0.478 e. The fourth-order valence-electron chi connectivity index (χ4n) is 2.41. The highest BCUT2D eigenvalue weighted by Gasteiger charge is 2.25. The molecular formula is C19H27N3O6. The Labute approximate surface area is 163 Å². The minimum atomic E-state index is -1.10. The molecule has 0 aliphatic carbocycles. The molecule has 0 spiro atoms. The number of rotatable bonds is 11. The van der Waals surface area contributed by atoms with Gasteiger partial charge in [0.25, 0.3) is 5.91 Å². The zero-order chi connectivity index (χ0) is 21.1. The summed E-state index contributed by atoms with van der Waals surface area (Å²) in [6, 6.07) is 3.64. The average molecular weight is 393 g/mol. The van der Waals surface area contributed by atoms with Crippen LogP contribution in [0.5, 0.6) is 0 Å². The van der Waals surface area contributed by atoms with Crippen LogP contribution in [-0.2, 0) is 14.3 Å². The summed E-state index contributed by atoms with van der Waals surface area (Å²) in [6.45, 7) is 3.82. The van der Waals surface area contributed by atoms with Crippen molar-refractivity contribution < 1.29 is 29.0 Å². The van der Waals surface area contributed by atoms with Gasteiger partial charge in [-0.15, -0.1) is 0 Å². The lowest BCUT2D eigenvalue weighted by Crippen LogP contribution is -2.51. The summed E-state index contributed by atoms with van der Waals surface area (Å²) in [4.78, 5) is 47.6. The summed E-state index contributed by atoms with van der Waals surface area (Å²) in [5.41, 5.74) is 5.75. The van der Waals surface area contributed by atoms with E-state index in [0.717, 1.165) is 0 Å². The van der Waals surface area contributed by atoms with Crippen LogP contribution < -0.4 is 16.4 Å². The standard InChI is InChI=1S/C19H27N3O6/c1-3-28-19(27)12(2)21-17(24)15(6-4-5-11-20)22-16(23)13-7-9-14(10-8-13)18(25)26/h7-10,12,15H,3-6,11,20H2,1-2H3,(H,21,24)(H,22,23)(H,25,26)/t12-,15-/m0/s1. The van der Waals surface area contributed by atoms with Gasteiger partial charge in [-0.25, -0.2) is 9.59 Å². The van der Waals surface area contributed by atoms with E-state index in [1.165, 1.54) is 31.2 Å². The van der Waals surface area contributed by atoms with Gasteiger partial charge in [-0.1, -0.05) is 0 Å². The Kier molecular flexibility index (Phi) is 9.66. The maximum Gasteiger partial charge on any atom is 0.335 e. The number of benzene rings is 1. The number of carbonyl (C=O) groups excluding carboxylic acids is 3. The molecule has 0 aliphatic rings. The predicted octanol–water partition coefficient (Wildman–Crippen LogP) is 0.680. The van der Waals surface area contributed by atoms with Gasteiger partial charge in [-0.2, -0.15) is 0 Å². The monoisotopic (exact) mass is 393 g/mol. The number of ether oxygens (including phenoxy) is 1. The Balaban J connectivity index is 2.81. The van der Waals surface area contributed by atoms with Crippen molar-refractivity contribution in [1.29, 1.82) is 0 Å². The number of unbranched alkanes of at least 4 members (excludes halogenated alkanes) is 1. The molecule has 0 fully saturated rings. The normalized spacial score (nSPS) is 12.5. The van der Waals surface area contributed by atoms with Crippen LogP contribution in [0.2, 0.25) is 0 Å². The molecule has 0 radical (unpaired) electrons. The van der Waals surface area contributed by atoms with Gasteiger partial charge in [-0.05, 0) is 63.9 Å². The van der Waals surface area contributed by atoms with Crippen LogP contribution in [0.1, 0.15) is 53.8 Å². The Morgan fingerprint density at radius 2 is 1.68 bits per heavy atom. The summed E-state index contributed by atoms with van der Waals surface area (Å²) in [5, 5.41) is 14.1. The molecule has 28 heavy (non-hydrogen) atoms. The summed E-state index contributed by atoms with van der Waals surface area (Å²) >= 11 is 0. The van der Waals surface area contributed by atoms with Crippen molar-refractivity contribution in [3.63, 3.8) is 0 Å². The Morgan fingerprint density at radius 1 is 1.07 bits per heavy atom. The Hall–Kier alpha value is -2.94. The molecule has 0 bridgehead atoms. The number of hydrogen-bond donors (Lipinski definition) is 4. The summed E-state index contributed by atoms with van der Waals surface area (Å²) in [5.74, 6) is -2.69. The zero-order valence-corrected chi connectivity index (χ0v) is 16.1. The van der Waals surface area contributed by atoms with Crippen LogP contribution in [0.15, 0.2) is 24.3 Å². The van der Waals surface area contributed by atoms with Gasteiger partial charge in [0.15, 0.2) is 0 Å². The van der Waals surface area contributed by atoms with Gasteiger partial charge in [0.2, 0.25) is 5.91 Å². The van der Waals surface area contributed by atoms with Gasteiger partial charge >= 0.3 is 11.9 Å². The van der Waals surface area contributed by atoms with Crippen LogP contribution in [-0.4, -0.2) is 54.1 Å². The number of esters is 1. The van der Waals surface area contributed by atoms with E-state index in [2.05, 4.69) is 10.6 Å². The van der Waals surface area contributed by atoms with Crippen molar-refractivity contribution in [2.45, 2.75) is 45.2 Å². The highest BCUT2D eigenvalue weighted by Crippen LogP contribution is 2.07. The molecule has 154 valence electrons. The van der Waals surface area contributed by atoms with E-state index in [4.69, 9.17) is 15.6 Å². The van der Waals surface area contributed by atoms with Crippen molar-refractivity contribution >= 4 is 23.8 Å². The van der Waals surface area contributed by atoms with E-state index in [1.54, 1.807) is 6.92 Å². The van der Waals surface area contributed by atoms with Gasteiger partial charge < -0.3 is 26.2 Å². The van der Waals surface area contributed by atoms with Crippen molar-refractivity contribution in [1.82, 2.24) is 10.6 Å². The van der Waals surface area contributed by atoms with Crippen molar-refractivity contribution in [3.8, 4) is 0 Å². The van der Waals surface area contributed by atoms with Gasteiger partial charge in [0, 0.05) is 5.56 Å². The molecular weight excluding hydrogens is 366 g/mol. The lowest BCUT2D eigenvalue weighted by Gasteiger charge is -2.21. The molecule has 9 nitrogen and oxygen atoms in total. The maximum absolute atomic E-state index is 12.5. The number of amides is 2. The number of hydrogen-bond acceptors (Lipinski definition) is 6. The number of carboxylic acids is 1. The van der Waals surface area contributed by atoms with Gasteiger partial charge in [0.1, 0.15) is 12.1 Å². The number of carboxylic acid groups (broad SMARTS) is 1. The van der Waals surface area contributed by atoms with Crippen molar-refractivity contribution in [2.75, 3.05) is 13.2 Å². The molecule has 0 saturated heterocycles. The fraction of sp³-hybridized carbons (Fsp3) is 0.474. The molecule has 1 aromatic carbocycles. The fourth-order valence-corrected chi connectivity index (χ4v) is 2.41. The summed E-state index contributed by atoms with van der Waals surface area (Å²) in [6.07, 6.45) is 1.64. The van der Waals surface area contributed by atoms with Crippen LogP contribution >= 0.6 is 0 Å². The van der Waals surface area contributed by atoms with Crippen molar-refractivity contribution in [3.05, 3.63) is 35.4 Å². The highest BCUT2D eigenvalue weighted by molar-refractivity contribution is 5.99.